The van der Waals surface area contributed by atoms with E-state index in [1.54, 1.807) is 0 Å². The molecule has 0 bridgehead atoms. The Hall–Kier alpha value is -1.97. The van der Waals surface area contributed by atoms with Crippen molar-refractivity contribution in [2.75, 3.05) is 13.7 Å². The first-order valence-electron chi connectivity index (χ1n) is 14.0. The fourth-order valence-corrected chi connectivity index (χ4v) is 4.37. The first kappa shape index (κ1) is 35.0. The maximum atomic E-state index is 12.6. The van der Waals surface area contributed by atoms with Crippen molar-refractivity contribution in [3.05, 3.63) is 12.2 Å². The number of esters is 1. The quantitative estimate of drug-likeness (QED) is 0.0588. The van der Waals surface area contributed by atoms with E-state index in [9.17, 15) is 29.7 Å². The van der Waals surface area contributed by atoms with E-state index in [4.69, 9.17) is 5.73 Å². The van der Waals surface area contributed by atoms with Gasteiger partial charge < -0.3 is 31.1 Å². The van der Waals surface area contributed by atoms with Crippen LogP contribution in [0.15, 0.2) is 12.2 Å². The lowest BCUT2D eigenvalue weighted by Crippen LogP contribution is -2.72. The molecule has 0 aliphatic carbocycles. The summed E-state index contributed by atoms with van der Waals surface area (Å²) in [6, 6.07) is 0. The third kappa shape index (κ3) is 12.0. The number of unbranched alkanes of at least 4 members (excludes halogenated alkanes) is 15. The van der Waals surface area contributed by atoms with Crippen LogP contribution in [0.1, 0.15) is 117 Å². The molecular weight excluding hydrogens is 476 g/mol. The van der Waals surface area contributed by atoms with Gasteiger partial charge in [-0.1, -0.05) is 110 Å². The predicted octanol–water partition coefficient (Wildman–Crippen LogP) is 3.42. The average Bonchev–Trinajstić information content (AvgIpc) is 2.87. The standard InChI is InChI=1S/C28H52N2O7/c1-5-6-7-8-9-10-11-12-13-14-15-16-17-18-19-20-21-30-26(34)28(36,25(29)33)27(3,35)23(31)22(2)24(32)37-4/h23,31,35-36H,2,5-21H2,1,3-4H3,(H2,29,33)(H,30,34). The number of amides is 2. The maximum absolute atomic E-state index is 12.6. The summed E-state index contributed by atoms with van der Waals surface area (Å²) in [5, 5.41) is 34.1. The van der Waals surface area contributed by atoms with Crippen LogP contribution < -0.4 is 11.1 Å². The van der Waals surface area contributed by atoms with Gasteiger partial charge in [0.2, 0.25) is 0 Å². The molecule has 0 spiro atoms. The van der Waals surface area contributed by atoms with Crippen molar-refractivity contribution in [2.24, 2.45) is 5.73 Å². The number of aliphatic hydroxyl groups excluding tert-OH is 1. The first-order valence-corrected chi connectivity index (χ1v) is 14.0. The molecule has 3 atom stereocenters. The van der Waals surface area contributed by atoms with Crippen LogP contribution in [-0.2, 0) is 19.1 Å². The fraction of sp³-hybridized carbons (Fsp3) is 0.821. The zero-order valence-electron chi connectivity index (χ0n) is 23.4. The topological polar surface area (TPSA) is 159 Å². The third-order valence-electron chi connectivity index (χ3n) is 7.04. The molecule has 37 heavy (non-hydrogen) atoms. The Kier molecular flexibility index (Phi) is 18.1. The highest BCUT2D eigenvalue weighted by Crippen LogP contribution is 2.30. The summed E-state index contributed by atoms with van der Waals surface area (Å²) in [7, 11) is 1.03. The number of nitrogens with two attached hydrogens (primary N) is 1. The van der Waals surface area contributed by atoms with Crippen molar-refractivity contribution >= 4 is 17.8 Å². The van der Waals surface area contributed by atoms with Crippen molar-refractivity contribution in [3.8, 4) is 0 Å². The Balaban J connectivity index is 4.17. The Morgan fingerprint density at radius 3 is 1.57 bits per heavy atom. The highest BCUT2D eigenvalue weighted by molar-refractivity contribution is 6.09. The molecule has 9 nitrogen and oxygen atoms in total. The average molecular weight is 529 g/mol. The van der Waals surface area contributed by atoms with Gasteiger partial charge in [-0.05, 0) is 13.3 Å². The summed E-state index contributed by atoms with van der Waals surface area (Å²) in [6.07, 6.45) is 17.2. The molecule has 0 aliphatic rings. The molecule has 3 unspecified atom stereocenters. The number of rotatable bonds is 23. The maximum Gasteiger partial charge on any atom is 0.335 e. The molecule has 0 heterocycles. The summed E-state index contributed by atoms with van der Waals surface area (Å²) < 4.78 is 4.42. The van der Waals surface area contributed by atoms with Crippen molar-refractivity contribution < 1.29 is 34.4 Å². The monoisotopic (exact) mass is 528 g/mol. The van der Waals surface area contributed by atoms with Gasteiger partial charge in [-0.3, -0.25) is 9.59 Å². The molecule has 0 aromatic heterocycles. The van der Waals surface area contributed by atoms with Crippen molar-refractivity contribution in [3.63, 3.8) is 0 Å². The molecule has 0 radical (unpaired) electrons. The zero-order valence-corrected chi connectivity index (χ0v) is 23.4. The lowest BCUT2D eigenvalue weighted by molar-refractivity contribution is -0.196. The Morgan fingerprint density at radius 2 is 1.22 bits per heavy atom. The lowest BCUT2D eigenvalue weighted by Gasteiger charge is -2.40. The minimum absolute atomic E-state index is 0.150. The number of ether oxygens (including phenoxy) is 1. The van der Waals surface area contributed by atoms with E-state index in [0.717, 1.165) is 33.3 Å². The molecule has 2 amide bonds. The smallest absolute Gasteiger partial charge is 0.335 e. The summed E-state index contributed by atoms with van der Waals surface area (Å²) in [5.41, 5.74) is -1.46. The third-order valence-corrected chi connectivity index (χ3v) is 7.04. The van der Waals surface area contributed by atoms with Gasteiger partial charge >= 0.3 is 5.97 Å². The van der Waals surface area contributed by atoms with Crippen LogP contribution in [0.4, 0.5) is 0 Å². The number of carbonyl (C=O) groups excluding carboxylic acids is 3. The number of methoxy groups -OCH3 is 1. The second-order valence-corrected chi connectivity index (χ2v) is 10.2. The van der Waals surface area contributed by atoms with E-state index >= 15 is 0 Å². The summed E-state index contributed by atoms with van der Waals surface area (Å²) >= 11 is 0. The molecule has 0 saturated carbocycles. The Morgan fingerprint density at radius 1 is 0.838 bits per heavy atom. The van der Waals surface area contributed by atoms with Crippen molar-refractivity contribution in [2.45, 2.75) is 134 Å². The van der Waals surface area contributed by atoms with Gasteiger partial charge in [-0.25, -0.2) is 4.79 Å². The molecule has 0 aliphatic heterocycles. The van der Waals surface area contributed by atoms with Crippen LogP contribution in [0, 0.1) is 0 Å². The molecular formula is C28H52N2O7. The predicted molar refractivity (Wildman–Crippen MR) is 144 cm³/mol. The number of carbonyl (C=O) groups is 3. The summed E-state index contributed by atoms with van der Waals surface area (Å²) in [5.74, 6) is -3.91. The van der Waals surface area contributed by atoms with Gasteiger partial charge in [0.05, 0.1) is 12.7 Å². The minimum atomic E-state index is -3.20. The van der Waals surface area contributed by atoms with E-state index in [-0.39, 0.29) is 6.54 Å². The SMILES string of the molecule is C=C(C(=O)OC)C(O)C(C)(O)C(O)(C(N)=O)C(=O)NCCCCCCCCCCCCCCCCCC. The van der Waals surface area contributed by atoms with Crippen molar-refractivity contribution in [1.82, 2.24) is 5.32 Å². The van der Waals surface area contributed by atoms with Crippen LogP contribution >= 0.6 is 0 Å². The first-order chi connectivity index (χ1) is 17.5. The Labute approximate surface area is 223 Å². The molecule has 0 saturated heterocycles. The van der Waals surface area contributed by atoms with Gasteiger partial charge in [0.1, 0.15) is 11.7 Å². The van der Waals surface area contributed by atoms with E-state index in [1.807, 2.05) is 0 Å². The Bertz CT molecular complexity index is 696. The van der Waals surface area contributed by atoms with E-state index < -0.39 is 40.7 Å². The van der Waals surface area contributed by atoms with E-state index in [0.29, 0.717) is 6.42 Å². The zero-order chi connectivity index (χ0) is 28.3. The van der Waals surface area contributed by atoms with Gasteiger partial charge in [0, 0.05) is 6.54 Å². The van der Waals surface area contributed by atoms with Crippen molar-refractivity contribution in [1.29, 1.82) is 0 Å². The van der Waals surface area contributed by atoms with E-state index in [2.05, 4.69) is 23.6 Å². The molecule has 6 N–H and O–H groups in total. The van der Waals surface area contributed by atoms with Crippen LogP contribution in [0.2, 0.25) is 0 Å². The lowest BCUT2D eigenvalue weighted by atomic mass is 9.76. The number of primary amides is 1. The molecule has 9 heteroatoms. The second kappa shape index (κ2) is 19.2. The van der Waals surface area contributed by atoms with E-state index in [1.165, 1.54) is 77.0 Å². The van der Waals surface area contributed by atoms with Crippen LogP contribution in [0.3, 0.4) is 0 Å². The fourth-order valence-electron chi connectivity index (χ4n) is 4.37. The summed E-state index contributed by atoms with van der Waals surface area (Å²) in [6.45, 7) is 6.51. The number of hydrogen-bond donors (Lipinski definition) is 5. The van der Waals surface area contributed by atoms with Crippen LogP contribution in [0.5, 0.6) is 0 Å². The molecule has 0 aromatic rings. The van der Waals surface area contributed by atoms with Gasteiger partial charge in [-0.15, -0.1) is 0 Å². The molecule has 0 aromatic carbocycles. The molecule has 216 valence electrons. The van der Waals surface area contributed by atoms with Crippen LogP contribution in [0.25, 0.3) is 0 Å². The normalized spacial score (nSPS) is 15.3. The minimum Gasteiger partial charge on any atom is -0.466 e. The largest absolute Gasteiger partial charge is 0.466 e. The highest BCUT2D eigenvalue weighted by Gasteiger charge is 2.61. The number of nitrogens with one attached hydrogen (secondary N) is 1. The summed E-state index contributed by atoms with van der Waals surface area (Å²) in [4.78, 5) is 36.2. The van der Waals surface area contributed by atoms with Crippen LogP contribution in [-0.4, -0.2) is 64.1 Å². The highest BCUT2D eigenvalue weighted by atomic mass is 16.5. The van der Waals surface area contributed by atoms with Gasteiger partial charge in [0.15, 0.2) is 0 Å². The van der Waals surface area contributed by atoms with Gasteiger partial charge in [0.25, 0.3) is 17.4 Å². The number of hydrogen-bond acceptors (Lipinski definition) is 7. The second-order valence-electron chi connectivity index (χ2n) is 10.2. The molecule has 0 rings (SSSR count). The number of aliphatic hydroxyl groups is 3. The van der Waals surface area contributed by atoms with Gasteiger partial charge in [-0.2, -0.15) is 0 Å². The molecule has 0 fully saturated rings.